The molecule has 0 bridgehead atoms. The molecule has 0 fully saturated rings. The van der Waals surface area contributed by atoms with Crippen LogP contribution in [0.4, 0.5) is 0 Å². The highest BCUT2D eigenvalue weighted by molar-refractivity contribution is 5.57. The van der Waals surface area contributed by atoms with Crippen molar-refractivity contribution in [2.24, 2.45) is 0 Å². The zero-order valence-corrected chi connectivity index (χ0v) is 6.87. The average molecular weight is 157 g/mol. The molecule has 1 nitrogen and oxygen atoms in total. The third-order valence-corrected chi connectivity index (χ3v) is 1.72. The van der Waals surface area contributed by atoms with Crippen molar-refractivity contribution >= 4 is 0 Å². The molecule has 0 N–H and O–H groups in total. The minimum atomic E-state index is 0.907. The molecule has 0 saturated carbocycles. The van der Waals surface area contributed by atoms with Crippen molar-refractivity contribution in [1.82, 2.24) is 0 Å². The largest absolute Gasteiger partial charge is 0.464 e. The summed E-state index contributed by atoms with van der Waals surface area (Å²) in [5.41, 5.74) is 2.22. The van der Waals surface area contributed by atoms with Gasteiger partial charge in [0, 0.05) is 5.56 Å². The minimum Gasteiger partial charge on any atom is -0.464 e. The van der Waals surface area contributed by atoms with E-state index in [2.05, 4.69) is 6.07 Å². The second kappa shape index (κ2) is 2.86. The number of hydrogen-bond donors (Lipinski definition) is 0. The molecule has 0 unspecified atom stereocenters. The van der Waals surface area contributed by atoms with E-state index in [1.54, 1.807) is 6.26 Å². The Labute approximate surface area is 71.6 Å². The summed E-state index contributed by atoms with van der Waals surface area (Å²) in [4.78, 5) is 0. The van der Waals surface area contributed by atoms with E-state index in [1.807, 2.05) is 37.3 Å². The summed E-state index contributed by atoms with van der Waals surface area (Å²) in [7, 11) is 0. The van der Waals surface area contributed by atoms with Gasteiger partial charge in [0.2, 0.25) is 0 Å². The predicted octanol–water partition coefficient (Wildman–Crippen LogP) is 3.06. The summed E-state index contributed by atoms with van der Waals surface area (Å²) < 4.78 is 5.33. The molecule has 0 spiro atoms. The molecular weight excluding hydrogens is 148 g/mol. The smallest absolute Gasteiger partial charge is 0.134 e. The third kappa shape index (κ3) is 1.26. The highest BCUT2D eigenvalue weighted by Gasteiger charge is 1.99. The molecule has 2 aromatic rings. The van der Waals surface area contributed by atoms with E-state index in [0.717, 1.165) is 16.9 Å². The Balaban J connectivity index is 2.45. The van der Waals surface area contributed by atoms with E-state index in [9.17, 15) is 0 Å². The Kier molecular flexibility index (Phi) is 1.71. The molecule has 0 saturated heterocycles. The molecule has 0 amide bonds. The highest BCUT2D eigenvalue weighted by Crippen LogP contribution is 2.20. The fourth-order valence-electron chi connectivity index (χ4n) is 1.13. The van der Waals surface area contributed by atoms with Gasteiger partial charge in [0.1, 0.15) is 5.76 Å². The lowest BCUT2D eigenvalue weighted by Gasteiger charge is -1.92. The van der Waals surface area contributed by atoms with Gasteiger partial charge in [0.25, 0.3) is 0 Å². The lowest BCUT2D eigenvalue weighted by Crippen LogP contribution is -1.70. The van der Waals surface area contributed by atoms with Gasteiger partial charge in [-0.1, -0.05) is 18.2 Å². The van der Waals surface area contributed by atoms with Crippen molar-refractivity contribution in [2.45, 2.75) is 6.92 Å². The summed E-state index contributed by atoms with van der Waals surface area (Å²) >= 11 is 0. The van der Waals surface area contributed by atoms with Crippen molar-refractivity contribution in [3.8, 4) is 11.3 Å². The van der Waals surface area contributed by atoms with Gasteiger partial charge in [-0.05, 0) is 30.7 Å². The maximum absolute atomic E-state index is 5.33. The van der Waals surface area contributed by atoms with Crippen LogP contribution in [0.5, 0.6) is 0 Å². The van der Waals surface area contributed by atoms with E-state index in [-0.39, 0.29) is 0 Å². The molecule has 0 aliphatic rings. The zero-order chi connectivity index (χ0) is 8.39. The number of benzene rings is 1. The summed E-state index contributed by atoms with van der Waals surface area (Å²) in [6.45, 7) is 2.01. The lowest BCUT2D eigenvalue weighted by molar-refractivity contribution is 0.580. The summed E-state index contributed by atoms with van der Waals surface area (Å²) in [5, 5.41) is 0. The van der Waals surface area contributed by atoms with Gasteiger partial charge in [0.05, 0.1) is 6.26 Å². The molecule has 59 valence electrons. The molecule has 0 aliphatic carbocycles. The topological polar surface area (TPSA) is 13.1 Å². The van der Waals surface area contributed by atoms with E-state index < -0.39 is 0 Å². The van der Waals surface area contributed by atoms with Crippen LogP contribution in [0.3, 0.4) is 0 Å². The van der Waals surface area contributed by atoms with Gasteiger partial charge >= 0.3 is 0 Å². The number of aryl methyl sites for hydroxylation is 1. The average Bonchev–Trinajstić information content (AvgIpc) is 2.54. The van der Waals surface area contributed by atoms with Gasteiger partial charge in [-0.3, -0.25) is 0 Å². The third-order valence-electron chi connectivity index (χ3n) is 1.72. The Morgan fingerprint density at radius 3 is 2.92 bits per heavy atom. The van der Waals surface area contributed by atoms with E-state index >= 15 is 0 Å². The molecule has 1 heterocycles. The van der Waals surface area contributed by atoms with Gasteiger partial charge < -0.3 is 4.42 Å². The molecule has 1 aromatic carbocycles. The Morgan fingerprint density at radius 1 is 1.42 bits per heavy atom. The normalized spacial score (nSPS) is 10.1. The second-order valence-electron chi connectivity index (χ2n) is 2.78. The zero-order valence-electron chi connectivity index (χ0n) is 6.87. The Morgan fingerprint density at radius 2 is 2.33 bits per heavy atom. The molecular formula is C11H9O. The van der Waals surface area contributed by atoms with Crippen molar-refractivity contribution in [2.75, 3.05) is 0 Å². The van der Waals surface area contributed by atoms with Crippen molar-refractivity contribution in [1.29, 1.82) is 0 Å². The van der Waals surface area contributed by atoms with Gasteiger partial charge in [-0.15, -0.1) is 0 Å². The first-order chi connectivity index (χ1) is 5.86. The van der Waals surface area contributed by atoms with Gasteiger partial charge in [-0.2, -0.15) is 0 Å². The SMILES string of the molecule is Cc1coc(-c2c[c]ccc2)c1. The van der Waals surface area contributed by atoms with Crippen LogP contribution in [0.25, 0.3) is 11.3 Å². The van der Waals surface area contributed by atoms with Crippen LogP contribution < -0.4 is 0 Å². The maximum Gasteiger partial charge on any atom is 0.134 e. The summed E-state index contributed by atoms with van der Waals surface area (Å²) in [5.74, 6) is 0.907. The lowest BCUT2D eigenvalue weighted by atomic mass is 10.2. The fourth-order valence-corrected chi connectivity index (χ4v) is 1.13. The molecule has 1 aromatic heterocycles. The number of rotatable bonds is 1. The number of furan rings is 1. The maximum atomic E-state index is 5.33. The van der Waals surface area contributed by atoms with Crippen molar-refractivity contribution in [3.05, 3.63) is 48.2 Å². The molecule has 0 atom stereocenters. The highest BCUT2D eigenvalue weighted by atomic mass is 16.3. The Hall–Kier alpha value is -1.50. The van der Waals surface area contributed by atoms with Crippen LogP contribution in [-0.2, 0) is 0 Å². The van der Waals surface area contributed by atoms with Crippen LogP contribution in [0, 0.1) is 13.0 Å². The second-order valence-corrected chi connectivity index (χ2v) is 2.78. The first-order valence-electron chi connectivity index (χ1n) is 3.88. The first-order valence-corrected chi connectivity index (χ1v) is 3.88. The van der Waals surface area contributed by atoms with Crippen LogP contribution in [0.2, 0.25) is 0 Å². The molecule has 1 radical (unpaired) electrons. The molecule has 0 aliphatic heterocycles. The number of hydrogen-bond acceptors (Lipinski definition) is 1. The fraction of sp³-hybridized carbons (Fsp3) is 0.0909. The molecule has 12 heavy (non-hydrogen) atoms. The van der Waals surface area contributed by atoms with Crippen molar-refractivity contribution < 1.29 is 4.42 Å². The monoisotopic (exact) mass is 157 g/mol. The van der Waals surface area contributed by atoms with Crippen LogP contribution >= 0.6 is 0 Å². The van der Waals surface area contributed by atoms with E-state index in [4.69, 9.17) is 4.42 Å². The summed E-state index contributed by atoms with van der Waals surface area (Å²) in [6.07, 6.45) is 1.75. The van der Waals surface area contributed by atoms with Gasteiger partial charge in [0.15, 0.2) is 0 Å². The van der Waals surface area contributed by atoms with Crippen LogP contribution in [0.15, 0.2) is 41.0 Å². The quantitative estimate of drug-likeness (QED) is 0.620. The van der Waals surface area contributed by atoms with Crippen molar-refractivity contribution in [3.63, 3.8) is 0 Å². The first kappa shape index (κ1) is 7.17. The van der Waals surface area contributed by atoms with Crippen LogP contribution in [-0.4, -0.2) is 0 Å². The summed E-state index contributed by atoms with van der Waals surface area (Å²) in [6, 6.07) is 12.8. The van der Waals surface area contributed by atoms with Gasteiger partial charge in [-0.25, -0.2) is 0 Å². The Bertz CT molecular complexity index is 360. The molecule has 2 rings (SSSR count). The standard InChI is InChI=1S/C11H9O/c1-9-7-11(12-8-9)10-5-3-2-4-6-10/h2-3,5-8H,1H3. The predicted molar refractivity (Wildman–Crippen MR) is 47.7 cm³/mol. The molecule has 1 heteroatoms. The minimum absolute atomic E-state index is 0.907. The van der Waals surface area contributed by atoms with E-state index in [1.165, 1.54) is 0 Å². The van der Waals surface area contributed by atoms with E-state index in [0.29, 0.717) is 0 Å². The van der Waals surface area contributed by atoms with Crippen LogP contribution in [0.1, 0.15) is 5.56 Å².